The minimum Gasteiger partial charge on any atom is -0.317 e. The fourth-order valence-corrected chi connectivity index (χ4v) is 3.66. The van der Waals surface area contributed by atoms with Gasteiger partial charge in [-0.25, -0.2) is 5.43 Å². The zero-order chi connectivity index (χ0) is 19.1. The lowest BCUT2D eigenvalue weighted by Gasteiger charge is -2.08. The number of carbonyl (C=O) groups is 2. The normalized spacial score (nSPS) is 11.5. The molecule has 2 amide bonds. The van der Waals surface area contributed by atoms with Crippen molar-refractivity contribution in [3.63, 3.8) is 0 Å². The van der Waals surface area contributed by atoms with E-state index in [2.05, 4.69) is 15.8 Å². The van der Waals surface area contributed by atoms with Crippen LogP contribution in [0.1, 0.15) is 20.1 Å². The molecular weight excluding hydrogens is 402 g/mol. The first-order chi connectivity index (χ1) is 13.1. The Morgan fingerprint density at radius 1 is 1.00 bits per heavy atom. The number of amides is 2. The number of carbonyl (C=O) groups excluding carboxylic acids is 2. The van der Waals surface area contributed by atoms with Gasteiger partial charge in [-0.05, 0) is 41.8 Å². The number of rotatable bonds is 6. The molecule has 0 saturated heterocycles. The highest BCUT2D eigenvalue weighted by Gasteiger charge is 2.14. The van der Waals surface area contributed by atoms with Crippen LogP contribution in [-0.2, 0) is 4.79 Å². The third kappa shape index (κ3) is 5.62. The van der Waals surface area contributed by atoms with Crippen LogP contribution in [0.15, 0.2) is 70.8 Å². The van der Waals surface area contributed by atoms with E-state index >= 15 is 0 Å². The molecule has 8 heteroatoms. The molecule has 27 heavy (non-hydrogen) atoms. The van der Waals surface area contributed by atoms with Crippen LogP contribution in [0.5, 0.6) is 0 Å². The molecule has 136 valence electrons. The molecule has 0 radical (unpaired) electrons. The van der Waals surface area contributed by atoms with Crippen molar-refractivity contribution in [3.8, 4) is 0 Å². The summed E-state index contributed by atoms with van der Waals surface area (Å²) in [6, 6.07) is 15.9. The molecule has 2 aromatic heterocycles. The molecule has 0 bridgehead atoms. The molecule has 3 aromatic rings. The molecule has 2 N–H and O–H groups in total. The summed E-state index contributed by atoms with van der Waals surface area (Å²) in [6.45, 7) is 0. The molecule has 0 aliphatic heterocycles. The molecule has 1 aromatic carbocycles. The van der Waals surface area contributed by atoms with Gasteiger partial charge in [-0.2, -0.15) is 5.10 Å². The predicted octanol–water partition coefficient (Wildman–Crippen LogP) is 4.38. The van der Waals surface area contributed by atoms with E-state index in [9.17, 15) is 9.59 Å². The summed E-state index contributed by atoms with van der Waals surface area (Å²) in [4.78, 5) is 26.6. The van der Waals surface area contributed by atoms with Crippen LogP contribution in [0.3, 0.4) is 0 Å². The van der Waals surface area contributed by atoms with Crippen LogP contribution in [0.2, 0.25) is 4.34 Å². The van der Waals surface area contributed by atoms with E-state index in [1.165, 1.54) is 28.9 Å². The maximum Gasteiger partial charge on any atom is 0.287 e. The number of nitrogens with one attached hydrogen (secondary N) is 2. The van der Waals surface area contributed by atoms with Crippen molar-refractivity contribution in [1.29, 1.82) is 0 Å². The second kappa shape index (κ2) is 9.27. The minimum atomic E-state index is -0.522. The van der Waals surface area contributed by atoms with E-state index in [0.717, 1.165) is 9.75 Å². The van der Waals surface area contributed by atoms with Gasteiger partial charge in [0.25, 0.3) is 11.8 Å². The van der Waals surface area contributed by atoms with Crippen LogP contribution in [0, 0.1) is 0 Å². The standard InChI is InChI=1S/C19H14ClN3O2S2/c20-17-9-8-15(27-17)12-21-23-19(25)16(11-14-7-4-10-26-14)22-18(24)13-5-2-1-3-6-13/h1-12H,(H,22,24)(H,23,25)/b16-11-,21-12?. The van der Waals surface area contributed by atoms with Crippen LogP contribution in [-0.4, -0.2) is 18.0 Å². The number of hydrogen-bond acceptors (Lipinski definition) is 5. The summed E-state index contributed by atoms with van der Waals surface area (Å²) < 4.78 is 0.635. The summed E-state index contributed by atoms with van der Waals surface area (Å²) in [7, 11) is 0. The quantitative estimate of drug-likeness (QED) is 0.356. The zero-order valence-electron chi connectivity index (χ0n) is 13.9. The van der Waals surface area contributed by atoms with Crippen molar-refractivity contribution < 1.29 is 9.59 Å². The summed E-state index contributed by atoms with van der Waals surface area (Å²) in [5.41, 5.74) is 2.99. The molecule has 0 atom stereocenters. The van der Waals surface area contributed by atoms with E-state index < -0.39 is 5.91 Å². The largest absolute Gasteiger partial charge is 0.317 e. The van der Waals surface area contributed by atoms with Crippen LogP contribution in [0.25, 0.3) is 6.08 Å². The zero-order valence-corrected chi connectivity index (χ0v) is 16.3. The lowest BCUT2D eigenvalue weighted by Crippen LogP contribution is -2.32. The van der Waals surface area contributed by atoms with Gasteiger partial charge in [-0.3, -0.25) is 9.59 Å². The number of benzene rings is 1. The van der Waals surface area contributed by atoms with Crippen molar-refractivity contribution in [1.82, 2.24) is 10.7 Å². The topological polar surface area (TPSA) is 70.6 Å². The van der Waals surface area contributed by atoms with Gasteiger partial charge in [-0.1, -0.05) is 35.9 Å². The molecule has 0 spiro atoms. The number of nitrogens with zero attached hydrogens (tertiary/aromatic N) is 1. The molecule has 0 aliphatic rings. The van der Waals surface area contributed by atoms with Crippen molar-refractivity contribution >= 4 is 58.4 Å². The van der Waals surface area contributed by atoms with Gasteiger partial charge in [-0.15, -0.1) is 22.7 Å². The SMILES string of the molecule is O=C(NN=Cc1ccc(Cl)s1)/C(=C/c1cccs1)NC(=O)c1ccccc1. The Kier molecular flexibility index (Phi) is 6.54. The highest BCUT2D eigenvalue weighted by Crippen LogP contribution is 2.19. The first-order valence-electron chi connectivity index (χ1n) is 7.82. The molecule has 0 unspecified atom stereocenters. The minimum absolute atomic E-state index is 0.104. The number of hydrogen-bond donors (Lipinski definition) is 2. The maximum atomic E-state index is 12.5. The first-order valence-corrected chi connectivity index (χ1v) is 9.89. The Morgan fingerprint density at radius 3 is 2.48 bits per heavy atom. The van der Waals surface area contributed by atoms with Crippen LogP contribution in [0.4, 0.5) is 0 Å². The van der Waals surface area contributed by atoms with E-state index in [-0.39, 0.29) is 11.6 Å². The predicted molar refractivity (Wildman–Crippen MR) is 111 cm³/mol. The van der Waals surface area contributed by atoms with E-state index in [0.29, 0.717) is 9.90 Å². The van der Waals surface area contributed by atoms with Gasteiger partial charge >= 0.3 is 0 Å². The molecule has 0 saturated carbocycles. The summed E-state index contributed by atoms with van der Waals surface area (Å²) in [5.74, 6) is -0.894. The highest BCUT2D eigenvalue weighted by molar-refractivity contribution is 7.17. The first kappa shape index (κ1) is 19.0. The monoisotopic (exact) mass is 415 g/mol. The fraction of sp³-hybridized carbons (Fsp3) is 0. The van der Waals surface area contributed by atoms with Crippen molar-refractivity contribution in [2.24, 2.45) is 5.10 Å². The maximum absolute atomic E-state index is 12.5. The number of halogens is 1. The second-order valence-corrected chi connectivity index (χ2v) is 7.96. The van der Waals surface area contributed by atoms with Crippen molar-refractivity contribution in [2.75, 3.05) is 0 Å². The molecule has 2 heterocycles. The summed E-state index contributed by atoms with van der Waals surface area (Å²) in [6.07, 6.45) is 3.11. The average Bonchev–Trinajstić information content (AvgIpc) is 3.33. The summed E-state index contributed by atoms with van der Waals surface area (Å²) in [5, 5.41) is 8.46. The summed E-state index contributed by atoms with van der Waals surface area (Å²) >= 11 is 8.66. The third-order valence-electron chi connectivity index (χ3n) is 3.31. The van der Waals surface area contributed by atoms with Gasteiger partial charge < -0.3 is 5.32 Å². The van der Waals surface area contributed by atoms with E-state index in [4.69, 9.17) is 11.6 Å². The average molecular weight is 416 g/mol. The Morgan fingerprint density at radius 2 is 1.81 bits per heavy atom. The molecule has 0 fully saturated rings. The Hall–Kier alpha value is -2.74. The Labute approximate surface area is 169 Å². The van der Waals surface area contributed by atoms with Crippen molar-refractivity contribution in [3.05, 3.63) is 85.3 Å². The van der Waals surface area contributed by atoms with Gasteiger partial charge in [0.2, 0.25) is 0 Å². The third-order valence-corrected chi connectivity index (χ3v) is 5.30. The number of thiophene rings is 2. The van der Waals surface area contributed by atoms with Gasteiger partial charge in [0.1, 0.15) is 5.70 Å². The Bertz CT molecular complexity index is 980. The molecule has 3 rings (SSSR count). The van der Waals surface area contributed by atoms with Gasteiger partial charge in [0.15, 0.2) is 0 Å². The van der Waals surface area contributed by atoms with Crippen LogP contribution < -0.4 is 10.7 Å². The second-order valence-electron chi connectivity index (χ2n) is 5.23. The molecular formula is C19H14ClN3O2S2. The lowest BCUT2D eigenvalue weighted by molar-refractivity contribution is -0.117. The number of hydrazone groups is 1. The van der Waals surface area contributed by atoms with Gasteiger partial charge in [0, 0.05) is 15.3 Å². The van der Waals surface area contributed by atoms with Crippen LogP contribution >= 0.6 is 34.3 Å². The lowest BCUT2D eigenvalue weighted by atomic mass is 10.2. The van der Waals surface area contributed by atoms with E-state index in [1.54, 1.807) is 42.5 Å². The highest BCUT2D eigenvalue weighted by atomic mass is 35.5. The van der Waals surface area contributed by atoms with Crippen molar-refractivity contribution in [2.45, 2.75) is 0 Å². The molecule has 0 aliphatic carbocycles. The molecule has 5 nitrogen and oxygen atoms in total. The smallest absolute Gasteiger partial charge is 0.287 e. The Balaban J connectivity index is 1.74. The van der Waals surface area contributed by atoms with E-state index in [1.807, 2.05) is 23.6 Å². The van der Waals surface area contributed by atoms with Gasteiger partial charge in [0.05, 0.1) is 10.6 Å². The fourth-order valence-electron chi connectivity index (χ4n) is 2.07.